The van der Waals surface area contributed by atoms with E-state index in [0.717, 1.165) is 132 Å². The Labute approximate surface area is 436 Å². The molecule has 4 heterocycles. The summed E-state index contributed by atoms with van der Waals surface area (Å²) in [4.78, 5) is 0. The first-order valence-electron chi connectivity index (χ1n) is 26.0. The molecular formula is C72H44O4. The van der Waals surface area contributed by atoms with Crippen molar-refractivity contribution in [3.63, 3.8) is 0 Å². The molecule has 0 amide bonds. The van der Waals surface area contributed by atoms with Gasteiger partial charge in [0.1, 0.15) is 44.7 Å². The molecular weight excluding hydrogens is 929 g/mol. The fourth-order valence-corrected chi connectivity index (χ4v) is 12.4. The lowest BCUT2D eigenvalue weighted by Crippen LogP contribution is -2.03. The number of rotatable bonds is 8. The molecule has 0 N–H and O–H groups in total. The summed E-state index contributed by atoms with van der Waals surface area (Å²) >= 11 is 0. The van der Waals surface area contributed by atoms with E-state index in [4.69, 9.17) is 17.7 Å². The Bertz CT molecular complexity index is 4600. The van der Waals surface area contributed by atoms with Crippen LogP contribution in [0.25, 0.3) is 121 Å². The van der Waals surface area contributed by atoms with Crippen molar-refractivity contribution in [2.24, 2.45) is 0 Å². The number of hydrogen-bond donors (Lipinski definition) is 0. The highest BCUT2D eigenvalue weighted by atomic mass is 16.3. The molecule has 4 aromatic heterocycles. The lowest BCUT2D eigenvalue weighted by molar-refractivity contribution is 0.660. The average molecular weight is 973 g/mol. The number of fused-ring (bicyclic) bond motifs is 15. The fraction of sp³-hybridized carbons (Fsp3) is 0.0278. The average Bonchev–Trinajstić information content (AvgIpc) is 4.28. The quantitative estimate of drug-likeness (QED) is 0.142. The van der Waals surface area contributed by atoms with E-state index in [1.807, 2.05) is 12.1 Å². The first-order valence-corrected chi connectivity index (χ1v) is 26.0. The predicted molar refractivity (Wildman–Crippen MR) is 312 cm³/mol. The van der Waals surface area contributed by atoms with Crippen molar-refractivity contribution < 1.29 is 17.7 Å². The maximum Gasteiger partial charge on any atom is 0.143 e. The van der Waals surface area contributed by atoms with Gasteiger partial charge < -0.3 is 17.7 Å². The second kappa shape index (κ2) is 16.8. The zero-order valence-electron chi connectivity index (χ0n) is 41.0. The molecule has 356 valence electrons. The lowest BCUT2D eigenvalue weighted by atomic mass is 9.84. The summed E-state index contributed by atoms with van der Waals surface area (Å²) in [5.74, 6) is -0.0276. The summed E-state index contributed by atoms with van der Waals surface area (Å²) in [7, 11) is 0. The summed E-state index contributed by atoms with van der Waals surface area (Å²) in [5, 5.41) is 10.9. The van der Waals surface area contributed by atoms with Crippen LogP contribution in [0.2, 0.25) is 0 Å². The molecule has 0 aliphatic carbocycles. The summed E-state index contributed by atoms with van der Waals surface area (Å²) in [6.45, 7) is 0. The minimum atomic E-state index is -0.0138. The lowest BCUT2D eigenvalue weighted by Gasteiger charge is -2.19. The van der Waals surface area contributed by atoms with Crippen molar-refractivity contribution in [2.75, 3.05) is 0 Å². The zero-order valence-corrected chi connectivity index (χ0v) is 41.0. The van der Waals surface area contributed by atoms with Crippen LogP contribution in [-0.4, -0.2) is 0 Å². The second-order valence-electron chi connectivity index (χ2n) is 20.2. The van der Waals surface area contributed by atoms with Gasteiger partial charge in [0, 0.05) is 76.8 Å². The van der Waals surface area contributed by atoms with E-state index in [0.29, 0.717) is 0 Å². The van der Waals surface area contributed by atoms with Crippen LogP contribution in [0, 0.1) is 0 Å². The Morgan fingerprint density at radius 3 is 0.934 bits per heavy atom. The van der Waals surface area contributed by atoms with Gasteiger partial charge in [-0.25, -0.2) is 0 Å². The Morgan fingerprint density at radius 2 is 0.500 bits per heavy atom. The molecule has 0 radical (unpaired) electrons. The van der Waals surface area contributed by atoms with Gasteiger partial charge >= 0.3 is 0 Å². The molecule has 0 spiro atoms. The summed E-state index contributed by atoms with van der Waals surface area (Å²) in [6.07, 6.45) is 0. The Balaban J connectivity index is 0.724. The third-order valence-electron chi connectivity index (χ3n) is 16.0. The fourth-order valence-electron chi connectivity index (χ4n) is 12.4. The van der Waals surface area contributed by atoms with E-state index in [-0.39, 0.29) is 11.8 Å². The van der Waals surface area contributed by atoms with Crippen LogP contribution in [0.3, 0.4) is 0 Å². The van der Waals surface area contributed by atoms with Gasteiger partial charge in [0.2, 0.25) is 0 Å². The van der Waals surface area contributed by atoms with Crippen LogP contribution in [0.15, 0.2) is 272 Å². The number of benzene rings is 12. The van der Waals surface area contributed by atoms with Crippen molar-refractivity contribution in [1.82, 2.24) is 0 Å². The van der Waals surface area contributed by atoms with Crippen LogP contribution in [-0.2, 0) is 0 Å². The largest absolute Gasteiger partial charge is 0.456 e. The van der Waals surface area contributed by atoms with Gasteiger partial charge in [-0.1, -0.05) is 194 Å². The first-order chi connectivity index (χ1) is 37.7. The molecule has 0 bridgehead atoms. The van der Waals surface area contributed by atoms with Crippen LogP contribution in [0.5, 0.6) is 0 Å². The van der Waals surface area contributed by atoms with Crippen LogP contribution < -0.4 is 0 Å². The predicted octanol–water partition coefficient (Wildman–Crippen LogP) is 20.1. The molecule has 76 heavy (non-hydrogen) atoms. The Kier molecular flexibility index (Phi) is 9.43. The third kappa shape index (κ3) is 6.64. The summed E-state index contributed by atoms with van der Waals surface area (Å²) in [5.41, 5.74) is 18.7. The molecule has 0 aliphatic rings. The molecule has 0 aliphatic heterocycles. The summed E-state index contributed by atoms with van der Waals surface area (Å²) in [6, 6.07) is 91.0. The Hall–Kier alpha value is -9.90. The van der Waals surface area contributed by atoms with Gasteiger partial charge in [-0.2, -0.15) is 0 Å². The van der Waals surface area contributed by atoms with E-state index in [1.54, 1.807) is 0 Å². The summed E-state index contributed by atoms with van der Waals surface area (Å²) < 4.78 is 26.8. The molecule has 2 atom stereocenters. The molecule has 12 aromatic carbocycles. The first kappa shape index (κ1) is 42.6. The minimum absolute atomic E-state index is 0.0138. The highest BCUT2D eigenvalue weighted by molar-refractivity contribution is 6.23. The van der Waals surface area contributed by atoms with E-state index >= 15 is 0 Å². The molecule has 4 nitrogen and oxygen atoms in total. The molecule has 0 fully saturated rings. The molecule has 0 saturated heterocycles. The third-order valence-corrected chi connectivity index (χ3v) is 16.0. The highest BCUT2D eigenvalue weighted by Gasteiger charge is 2.25. The maximum atomic E-state index is 6.83. The SMILES string of the molecule is c1ccc(C(c2ccc(-c3ccc4c(c3)oc3c4ccc4c3ccc3c5ccc(-c6ccc(C(c7ccccc7)c7cccc8c7oc7ccccc78)cc6)cc5oc34)cc2)c2cccc3c2oc2ccccc23)cc1. The monoisotopic (exact) mass is 972 g/mol. The van der Waals surface area contributed by atoms with Gasteiger partial charge in [0.25, 0.3) is 0 Å². The van der Waals surface area contributed by atoms with Crippen LogP contribution in [0.4, 0.5) is 0 Å². The van der Waals surface area contributed by atoms with Crippen molar-refractivity contribution in [3.05, 3.63) is 288 Å². The van der Waals surface area contributed by atoms with E-state index in [1.165, 1.54) is 22.3 Å². The van der Waals surface area contributed by atoms with Crippen molar-refractivity contribution in [3.8, 4) is 22.3 Å². The number of hydrogen-bond acceptors (Lipinski definition) is 4. The molecule has 16 rings (SSSR count). The van der Waals surface area contributed by atoms with Gasteiger partial charge in [0.05, 0.1) is 0 Å². The molecule has 2 unspecified atom stereocenters. The van der Waals surface area contributed by atoms with E-state index < -0.39 is 0 Å². The van der Waals surface area contributed by atoms with Gasteiger partial charge in [0.15, 0.2) is 0 Å². The number of furan rings is 4. The topological polar surface area (TPSA) is 52.6 Å². The van der Waals surface area contributed by atoms with E-state index in [9.17, 15) is 0 Å². The van der Waals surface area contributed by atoms with Crippen molar-refractivity contribution >= 4 is 98.5 Å². The van der Waals surface area contributed by atoms with Crippen LogP contribution >= 0.6 is 0 Å². The van der Waals surface area contributed by atoms with Gasteiger partial charge in [-0.05, 0) is 105 Å². The number of para-hydroxylation sites is 4. The zero-order chi connectivity index (χ0) is 49.8. The highest BCUT2D eigenvalue weighted by Crippen LogP contribution is 2.45. The van der Waals surface area contributed by atoms with Crippen molar-refractivity contribution in [1.29, 1.82) is 0 Å². The maximum absolute atomic E-state index is 6.83. The van der Waals surface area contributed by atoms with E-state index in [2.05, 4.69) is 243 Å². The molecule has 4 heteroatoms. The van der Waals surface area contributed by atoms with Gasteiger partial charge in [-0.3, -0.25) is 0 Å². The minimum Gasteiger partial charge on any atom is -0.456 e. The molecule has 16 aromatic rings. The van der Waals surface area contributed by atoms with Gasteiger partial charge in [-0.15, -0.1) is 0 Å². The van der Waals surface area contributed by atoms with Crippen molar-refractivity contribution in [2.45, 2.75) is 11.8 Å². The van der Waals surface area contributed by atoms with Crippen LogP contribution in [0.1, 0.15) is 45.2 Å². The standard InChI is InChI=1S/C72H44O4/c1-3-13-45(14-4-1)67(61-21-11-19-55-51-17-7-9-23-63(51)73-71(55)61)47-29-25-43(26-30-47)49-33-35-53-57-37-39-60-59(69(57)75-65(53)41-49)40-38-58-54-36-34-50(42-66(54)76-70(58)60)44-27-31-48(32-28-44)68(46-15-5-2-6-16-46)62-22-12-20-56-52-18-8-10-24-64(52)74-72(56)62/h1-42,67-68H. The molecule has 0 saturated carbocycles. The second-order valence-corrected chi connectivity index (χ2v) is 20.2. The smallest absolute Gasteiger partial charge is 0.143 e. The Morgan fingerprint density at radius 1 is 0.197 bits per heavy atom. The normalized spacial score (nSPS) is 12.9.